The molecule has 2 aromatic carbocycles. The molecule has 1 aliphatic rings. The first-order valence-electron chi connectivity index (χ1n) is 12.1. The van der Waals surface area contributed by atoms with Crippen molar-refractivity contribution in [2.24, 2.45) is 0 Å². The summed E-state index contributed by atoms with van der Waals surface area (Å²) in [6, 6.07) is 15.8. The smallest absolute Gasteiger partial charge is 0.251 e. The summed E-state index contributed by atoms with van der Waals surface area (Å²) in [7, 11) is 1.57. The summed E-state index contributed by atoms with van der Waals surface area (Å²) in [5, 5.41) is 6.97. The molecular weight excluding hydrogens is 444 g/mol. The lowest BCUT2D eigenvalue weighted by molar-refractivity contribution is 0.0951. The van der Waals surface area contributed by atoms with Gasteiger partial charge < -0.3 is 24.2 Å². The number of anilines is 1. The van der Waals surface area contributed by atoms with Gasteiger partial charge in [-0.05, 0) is 57.1 Å². The maximum absolute atomic E-state index is 12.7. The molecule has 8 nitrogen and oxygen atoms in total. The van der Waals surface area contributed by atoms with E-state index in [4.69, 9.17) is 14.0 Å². The van der Waals surface area contributed by atoms with Crippen molar-refractivity contribution in [3.05, 3.63) is 71.1 Å². The van der Waals surface area contributed by atoms with Crippen molar-refractivity contribution in [2.75, 3.05) is 51.3 Å². The van der Waals surface area contributed by atoms with Crippen LogP contribution in [0.4, 0.5) is 5.69 Å². The van der Waals surface area contributed by atoms with Crippen LogP contribution < -0.4 is 19.7 Å². The molecule has 8 heteroatoms. The van der Waals surface area contributed by atoms with E-state index in [2.05, 4.69) is 50.6 Å². The summed E-state index contributed by atoms with van der Waals surface area (Å²) >= 11 is 0. The number of carbonyl (C=O) groups is 1. The molecule has 0 atom stereocenters. The lowest BCUT2D eigenvalue weighted by atomic mass is 10.1. The molecule has 0 aliphatic carbocycles. The first kappa shape index (κ1) is 24.6. The van der Waals surface area contributed by atoms with Gasteiger partial charge in [-0.25, -0.2) is 0 Å². The number of nitrogens with zero attached hydrogens (tertiary/aromatic N) is 3. The van der Waals surface area contributed by atoms with Gasteiger partial charge in [0, 0.05) is 44.0 Å². The van der Waals surface area contributed by atoms with E-state index in [0.29, 0.717) is 30.2 Å². The molecule has 1 aliphatic heterocycles. The summed E-state index contributed by atoms with van der Waals surface area (Å²) < 4.78 is 16.5. The van der Waals surface area contributed by atoms with E-state index < -0.39 is 0 Å². The van der Waals surface area contributed by atoms with E-state index in [9.17, 15) is 4.79 Å². The molecule has 1 N–H and O–H groups in total. The fourth-order valence-electron chi connectivity index (χ4n) is 4.26. The molecule has 4 rings (SSSR count). The molecular formula is C27H34N4O4. The Hall–Kier alpha value is -3.52. The van der Waals surface area contributed by atoms with Crippen LogP contribution in [0.2, 0.25) is 0 Å². The molecule has 35 heavy (non-hydrogen) atoms. The van der Waals surface area contributed by atoms with Crippen LogP contribution in [0.25, 0.3) is 0 Å². The third-order valence-corrected chi connectivity index (χ3v) is 6.41. The number of aryl methyl sites for hydroxylation is 2. The maximum Gasteiger partial charge on any atom is 0.251 e. The highest BCUT2D eigenvalue weighted by Crippen LogP contribution is 2.29. The molecule has 0 unspecified atom stereocenters. The van der Waals surface area contributed by atoms with Gasteiger partial charge in [-0.2, -0.15) is 0 Å². The Kier molecular flexibility index (Phi) is 8.26. The number of hydrogen-bond donors (Lipinski definition) is 1. The van der Waals surface area contributed by atoms with Crippen molar-refractivity contribution < 1.29 is 18.8 Å². The number of hydrogen-bond acceptors (Lipinski definition) is 7. The van der Waals surface area contributed by atoms with Crippen molar-refractivity contribution in [1.82, 2.24) is 15.4 Å². The highest BCUT2D eigenvalue weighted by atomic mass is 16.5. The second-order valence-electron chi connectivity index (χ2n) is 8.73. The van der Waals surface area contributed by atoms with Gasteiger partial charge in [0.05, 0.1) is 18.4 Å². The second-order valence-corrected chi connectivity index (χ2v) is 8.73. The number of benzene rings is 2. The zero-order valence-corrected chi connectivity index (χ0v) is 20.8. The number of ether oxygens (including phenoxy) is 2. The van der Waals surface area contributed by atoms with E-state index in [1.54, 1.807) is 25.3 Å². The number of aromatic nitrogens is 1. The van der Waals surface area contributed by atoms with Crippen LogP contribution in [-0.2, 0) is 6.61 Å². The minimum absolute atomic E-state index is 0.116. The fraction of sp³-hybridized carbons (Fsp3) is 0.407. The van der Waals surface area contributed by atoms with Crippen LogP contribution >= 0.6 is 0 Å². The summed E-state index contributed by atoms with van der Waals surface area (Å²) in [6.07, 6.45) is 0.910. The van der Waals surface area contributed by atoms with Crippen molar-refractivity contribution >= 4 is 11.6 Å². The van der Waals surface area contributed by atoms with Gasteiger partial charge in [-0.1, -0.05) is 23.4 Å². The van der Waals surface area contributed by atoms with Crippen molar-refractivity contribution in [2.45, 2.75) is 26.9 Å². The number of nitrogens with one attached hydrogen (secondary N) is 1. The van der Waals surface area contributed by atoms with Gasteiger partial charge in [0.2, 0.25) is 0 Å². The van der Waals surface area contributed by atoms with Crippen LogP contribution in [-0.4, -0.2) is 62.3 Å². The fourth-order valence-corrected chi connectivity index (χ4v) is 4.26. The molecule has 0 saturated carbocycles. The monoisotopic (exact) mass is 478 g/mol. The van der Waals surface area contributed by atoms with Crippen LogP contribution in [0, 0.1) is 13.8 Å². The lowest BCUT2D eigenvalue weighted by Gasteiger charge is -2.36. The molecule has 0 radical (unpaired) electrons. The summed E-state index contributed by atoms with van der Waals surface area (Å²) in [5.41, 5.74) is 3.55. The Labute approximate surface area is 206 Å². The molecule has 1 saturated heterocycles. The van der Waals surface area contributed by atoms with Crippen LogP contribution in [0.3, 0.4) is 0 Å². The molecule has 2 heterocycles. The third kappa shape index (κ3) is 6.33. The van der Waals surface area contributed by atoms with E-state index in [-0.39, 0.29) is 5.91 Å². The second kappa shape index (κ2) is 11.8. The van der Waals surface area contributed by atoms with Gasteiger partial charge >= 0.3 is 0 Å². The van der Waals surface area contributed by atoms with Crippen molar-refractivity contribution in [3.8, 4) is 11.5 Å². The van der Waals surface area contributed by atoms with Gasteiger partial charge in [-0.15, -0.1) is 0 Å². The van der Waals surface area contributed by atoms with Gasteiger partial charge in [-0.3, -0.25) is 9.69 Å². The highest BCUT2D eigenvalue weighted by molar-refractivity contribution is 5.94. The summed E-state index contributed by atoms with van der Waals surface area (Å²) in [4.78, 5) is 17.5. The van der Waals surface area contributed by atoms with Crippen LogP contribution in [0.1, 0.15) is 33.8 Å². The molecule has 0 spiro atoms. The van der Waals surface area contributed by atoms with E-state index in [1.807, 2.05) is 13.8 Å². The lowest BCUT2D eigenvalue weighted by Crippen LogP contribution is -2.47. The minimum Gasteiger partial charge on any atom is -0.493 e. The third-order valence-electron chi connectivity index (χ3n) is 6.41. The van der Waals surface area contributed by atoms with Crippen LogP contribution in [0.5, 0.6) is 11.5 Å². The molecule has 3 aromatic rings. The quantitative estimate of drug-likeness (QED) is 0.444. The first-order valence-corrected chi connectivity index (χ1v) is 12.1. The van der Waals surface area contributed by atoms with E-state index >= 15 is 0 Å². The largest absolute Gasteiger partial charge is 0.493 e. The zero-order valence-electron chi connectivity index (χ0n) is 20.8. The number of amides is 1. The zero-order chi connectivity index (χ0) is 24.6. The van der Waals surface area contributed by atoms with Gasteiger partial charge in [0.15, 0.2) is 11.5 Å². The average Bonchev–Trinajstić information content (AvgIpc) is 3.22. The van der Waals surface area contributed by atoms with Gasteiger partial charge in [0.1, 0.15) is 12.4 Å². The van der Waals surface area contributed by atoms with E-state index in [1.165, 1.54) is 5.69 Å². The standard InChI is InChI=1S/C27H34N4O4/c1-20-24(21(2)35-29-20)19-34-25-11-10-22(18-26(25)33-3)27(32)28-12-7-13-30-14-16-31(17-15-30)23-8-5-4-6-9-23/h4-6,8-11,18H,7,12-17,19H2,1-3H3,(H,28,32). The molecule has 1 fully saturated rings. The van der Waals surface area contributed by atoms with Crippen molar-refractivity contribution in [3.63, 3.8) is 0 Å². The summed E-state index contributed by atoms with van der Waals surface area (Å²) in [5.74, 6) is 1.70. The minimum atomic E-state index is -0.116. The topological polar surface area (TPSA) is 80.1 Å². The number of piperazine rings is 1. The maximum atomic E-state index is 12.7. The SMILES string of the molecule is COc1cc(C(=O)NCCCN2CCN(c3ccccc3)CC2)ccc1OCc1c(C)noc1C. The molecule has 1 aromatic heterocycles. The number of methoxy groups -OCH3 is 1. The Morgan fingerprint density at radius 3 is 2.51 bits per heavy atom. The average molecular weight is 479 g/mol. The Morgan fingerprint density at radius 1 is 1.06 bits per heavy atom. The van der Waals surface area contributed by atoms with Crippen LogP contribution in [0.15, 0.2) is 53.1 Å². The Morgan fingerprint density at radius 2 is 1.83 bits per heavy atom. The molecule has 1 amide bonds. The predicted molar refractivity (Wildman–Crippen MR) is 135 cm³/mol. The highest BCUT2D eigenvalue weighted by Gasteiger charge is 2.17. The van der Waals surface area contributed by atoms with Gasteiger partial charge in [0.25, 0.3) is 5.91 Å². The Bertz CT molecular complexity index is 1090. The summed E-state index contributed by atoms with van der Waals surface area (Å²) in [6.45, 7) is 9.79. The Balaban J connectivity index is 1.20. The molecule has 186 valence electrons. The first-order chi connectivity index (χ1) is 17.0. The van der Waals surface area contributed by atoms with Crippen molar-refractivity contribution in [1.29, 1.82) is 0 Å². The number of para-hydroxylation sites is 1. The van der Waals surface area contributed by atoms with E-state index in [0.717, 1.165) is 56.2 Å². The molecule has 0 bridgehead atoms. The number of carbonyl (C=O) groups excluding carboxylic acids is 1. The number of rotatable bonds is 10. The predicted octanol–water partition coefficient (Wildman–Crippen LogP) is 3.82. The normalized spacial score (nSPS) is 14.1.